The van der Waals surface area contributed by atoms with Gasteiger partial charge in [0.05, 0.1) is 18.8 Å². The van der Waals surface area contributed by atoms with Crippen LogP contribution in [-0.2, 0) is 9.53 Å². The summed E-state index contributed by atoms with van der Waals surface area (Å²) in [4.78, 5) is 14.9. The van der Waals surface area contributed by atoms with Crippen LogP contribution in [-0.4, -0.2) is 48.2 Å². The highest BCUT2D eigenvalue weighted by molar-refractivity contribution is 5.77. The Morgan fingerprint density at radius 3 is 2.75 bits per heavy atom. The summed E-state index contributed by atoms with van der Waals surface area (Å²) in [6, 6.07) is 1.76. The number of morpholine rings is 1. The van der Waals surface area contributed by atoms with Crippen LogP contribution < -0.4 is 5.32 Å². The minimum atomic E-state index is 0.330. The standard InChI is InChI=1S/C16H26N2O2/c19-16(10-11-8-12-4-5-13(9-11)17-12)18-6-7-20-15-3-1-2-14(15)18/h11-15,17H,1-10H2. The van der Waals surface area contributed by atoms with Gasteiger partial charge in [-0.25, -0.2) is 0 Å². The Morgan fingerprint density at radius 1 is 1.15 bits per heavy atom. The van der Waals surface area contributed by atoms with Gasteiger partial charge in [-0.1, -0.05) is 0 Å². The second-order valence-electron chi connectivity index (χ2n) is 7.17. The van der Waals surface area contributed by atoms with Crippen LogP contribution in [0.3, 0.4) is 0 Å². The molecular weight excluding hydrogens is 252 g/mol. The lowest BCUT2D eigenvalue weighted by Crippen LogP contribution is -2.52. The van der Waals surface area contributed by atoms with E-state index in [-0.39, 0.29) is 0 Å². The van der Waals surface area contributed by atoms with Gasteiger partial charge in [-0.15, -0.1) is 0 Å². The molecule has 3 saturated heterocycles. The third-order valence-electron chi connectivity index (χ3n) is 5.84. The zero-order valence-corrected chi connectivity index (χ0v) is 12.2. The van der Waals surface area contributed by atoms with Crippen molar-refractivity contribution >= 4 is 5.91 Å². The molecule has 0 spiro atoms. The number of fused-ring (bicyclic) bond motifs is 3. The first kappa shape index (κ1) is 13.1. The first-order chi connectivity index (χ1) is 9.79. The predicted molar refractivity (Wildman–Crippen MR) is 76.4 cm³/mol. The van der Waals surface area contributed by atoms with E-state index < -0.39 is 0 Å². The minimum Gasteiger partial charge on any atom is -0.374 e. The second-order valence-corrected chi connectivity index (χ2v) is 7.17. The van der Waals surface area contributed by atoms with Gasteiger partial charge in [-0.2, -0.15) is 0 Å². The van der Waals surface area contributed by atoms with Gasteiger partial charge in [0.25, 0.3) is 0 Å². The Balaban J connectivity index is 1.37. The Labute approximate surface area is 121 Å². The Bertz CT molecular complexity index is 375. The first-order valence-corrected chi connectivity index (χ1v) is 8.47. The molecule has 2 bridgehead atoms. The van der Waals surface area contributed by atoms with Gasteiger partial charge in [-0.05, 0) is 50.9 Å². The summed E-state index contributed by atoms with van der Waals surface area (Å²) in [5.41, 5.74) is 0. The average Bonchev–Trinajstić information content (AvgIpc) is 3.04. The summed E-state index contributed by atoms with van der Waals surface area (Å²) in [7, 11) is 0. The van der Waals surface area contributed by atoms with Crippen LogP contribution in [0.2, 0.25) is 0 Å². The molecule has 3 aliphatic heterocycles. The van der Waals surface area contributed by atoms with Crippen LogP contribution in [0.4, 0.5) is 0 Å². The Hall–Kier alpha value is -0.610. The van der Waals surface area contributed by atoms with Crippen molar-refractivity contribution in [2.75, 3.05) is 13.2 Å². The molecule has 1 amide bonds. The van der Waals surface area contributed by atoms with E-state index >= 15 is 0 Å². The zero-order valence-electron chi connectivity index (χ0n) is 12.2. The number of piperidine rings is 1. The molecule has 4 fully saturated rings. The lowest BCUT2D eigenvalue weighted by molar-refractivity contribution is -0.145. The Morgan fingerprint density at radius 2 is 1.95 bits per heavy atom. The summed E-state index contributed by atoms with van der Waals surface area (Å²) in [5, 5.41) is 3.67. The fourth-order valence-electron chi connectivity index (χ4n) is 4.94. The van der Waals surface area contributed by atoms with Crippen molar-refractivity contribution < 1.29 is 9.53 Å². The van der Waals surface area contributed by atoms with Crippen LogP contribution in [0.1, 0.15) is 51.4 Å². The van der Waals surface area contributed by atoms with Crippen molar-refractivity contribution in [2.45, 2.75) is 75.6 Å². The summed E-state index contributed by atoms with van der Waals surface area (Å²) in [6.07, 6.45) is 9.67. The highest BCUT2D eigenvalue weighted by Gasteiger charge is 2.40. The van der Waals surface area contributed by atoms with Crippen molar-refractivity contribution in [3.63, 3.8) is 0 Å². The smallest absolute Gasteiger partial charge is 0.223 e. The largest absolute Gasteiger partial charge is 0.374 e. The lowest BCUT2D eigenvalue weighted by Gasteiger charge is -2.39. The topological polar surface area (TPSA) is 41.6 Å². The van der Waals surface area contributed by atoms with Crippen LogP contribution in [0.5, 0.6) is 0 Å². The van der Waals surface area contributed by atoms with E-state index in [1.165, 1.54) is 32.1 Å². The fraction of sp³-hybridized carbons (Fsp3) is 0.938. The molecule has 4 atom stereocenters. The number of nitrogens with one attached hydrogen (secondary N) is 1. The van der Waals surface area contributed by atoms with Crippen LogP contribution >= 0.6 is 0 Å². The number of rotatable bonds is 2. The van der Waals surface area contributed by atoms with E-state index in [0.29, 0.717) is 36.1 Å². The van der Waals surface area contributed by atoms with E-state index in [1.54, 1.807) is 0 Å². The number of nitrogens with zero attached hydrogens (tertiary/aromatic N) is 1. The predicted octanol–water partition coefficient (Wildman–Crippen LogP) is 1.69. The molecule has 0 aromatic heterocycles. The minimum absolute atomic E-state index is 0.330. The summed E-state index contributed by atoms with van der Waals surface area (Å²) in [6.45, 7) is 1.56. The van der Waals surface area contributed by atoms with Crippen molar-refractivity contribution in [2.24, 2.45) is 5.92 Å². The molecule has 20 heavy (non-hydrogen) atoms. The number of carbonyl (C=O) groups is 1. The van der Waals surface area contributed by atoms with Crippen LogP contribution in [0, 0.1) is 5.92 Å². The molecule has 4 aliphatic rings. The molecule has 112 valence electrons. The Kier molecular flexibility index (Phi) is 3.47. The van der Waals surface area contributed by atoms with Crippen molar-refractivity contribution in [3.8, 4) is 0 Å². The third-order valence-corrected chi connectivity index (χ3v) is 5.84. The molecule has 4 nitrogen and oxygen atoms in total. The molecule has 1 N–H and O–H groups in total. The normalized spacial score (nSPS) is 43.6. The molecule has 1 aliphatic carbocycles. The molecule has 0 aromatic carbocycles. The summed E-state index contributed by atoms with van der Waals surface area (Å²) < 4.78 is 5.81. The van der Waals surface area contributed by atoms with Crippen molar-refractivity contribution in [3.05, 3.63) is 0 Å². The number of ether oxygens (including phenoxy) is 1. The highest BCUT2D eigenvalue weighted by atomic mass is 16.5. The van der Waals surface area contributed by atoms with E-state index in [2.05, 4.69) is 10.2 Å². The molecule has 0 aromatic rings. The number of amides is 1. The maximum Gasteiger partial charge on any atom is 0.223 e. The molecular formula is C16H26N2O2. The van der Waals surface area contributed by atoms with Crippen LogP contribution in [0.15, 0.2) is 0 Å². The second kappa shape index (κ2) is 5.30. The van der Waals surface area contributed by atoms with Gasteiger partial charge >= 0.3 is 0 Å². The fourth-order valence-corrected chi connectivity index (χ4v) is 4.94. The SMILES string of the molecule is O=C(CC1CC2CCC(C1)N2)N1CCOC2CCCC21. The van der Waals surface area contributed by atoms with Gasteiger partial charge in [0.1, 0.15) is 0 Å². The monoisotopic (exact) mass is 278 g/mol. The zero-order chi connectivity index (χ0) is 13.5. The molecule has 4 unspecified atom stereocenters. The van der Waals surface area contributed by atoms with Crippen LogP contribution in [0.25, 0.3) is 0 Å². The van der Waals surface area contributed by atoms with E-state index in [0.717, 1.165) is 32.4 Å². The molecule has 4 rings (SSSR count). The highest BCUT2D eigenvalue weighted by Crippen LogP contribution is 2.35. The number of hydrogen-bond donors (Lipinski definition) is 1. The molecule has 4 heteroatoms. The van der Waals surface area contributed by atoms with Crippen molar-refractivity contribution in [1.82, 2.24) is 10.2 Å². The number of carbonyl (C=O) groups excluding carboxylic acids is 1. The average molecular weight is 278 g/mol. The lowest BCUT2D eigenvalue weighted by atomic mass is 9.89. The van der Waals surface area contributed by atoms with E-state index in [1.807, 2.05) is 0 Å². The van der Waals surface area contributed by atoms with Gasteiger partial charge in [-0.3, -0.25) is 4.79 Å². The maximum absolute atomic E-state index is 12.7. The van der Waals surface area contributed by atoms with Crippen molar-refractivity contribution in [1.29, 1.82) is 0 Å². The van der Waals surface area contributed by atoms with E-state index in [4.69, 9.17) is 4.74 Å². The maximum atomic E-state index is 12.7. The quantitative estimate of drug-likeness (QED) is 0.836. The van der Waals surface area contributed by atoms with Gasteiger partial charge in [0, 0.05) is 25.0 Å². The number of hydrogen-bond acceptors (Lipinski definition) is 3. The van der Waals surface area contributed by atoms with Gasteiger partial charge in [0.2, 0.25) is 5.91 Å². The molecule has 1 saturated carbocycles. The first-order valence-electron chi connectivity index (χ1n) is 8.47. The summed E-state index contributed by atoms with van der Waals surface area (Å²) in [5.74, 6) is 1.01. The van der Waals surface area contributed by atoms with Gasteiger partial charge < -0.3 is 15.0 Å². The summed E-state index contributed by atoms with van der Waals surface area (Å²) >= 11 is 0. The van der Waals surface area contributed by atoms with Gasteiger partial charge in [0.15, 0.2) is 0 Å². The van der Waals surface area contributed by atoms with E-state index in [9.17, 15) is 4.79 Å². The molecule has 3 heterocycles. The third kappa shape index (κ3) is 2.37. The molecule has 0 radical (unpaired) electrons.